The van der Waals surface area contributed by atoms with Gasteiger partial charge < -0.3 is 10.1 Å². The van der Waals surface area contributed by atoms with Crippen molar-refractivity contribution in [3.8, 4) is 0 Å². The molecule has 3 heteroatoms. The molecule has 2 nitrogen and oxygen atoms in total. The Hall–Kier alpha value is 0.270. The average Bonchev–Trinajstić information content (AvgIpc) is 2.34. The Balaban J connectivity index is 2.23. The van der Waals surface area contributed by atoms with E-state index in [1.165, 1.54) is 44.4 Å². The van der Waals surface area contributed by atoms with Gasteiger partial charge >= 0.3 is 0 Å². The van der Waals surface area contributed by atoms with Crippen molar-refractivity contribution in [2.75, 3.05) is 31.8 Å². The normalized spacial score (nSPS) is 19.9. The number of nitrogens with one attached hydrogen (secondary N) is 1. The molecule has 0 spiro atoms. The largest absolute Gasteiger partial charge is 0.381 e. The van der Waals surface area contributed by atoms with Crippen LogP contribution >= 0.6 is 11.8 Å². The zero-order chi connectivity index (χ0) is 11.6. The van der Waals surface area contributed by atoms with E-state index >= 15 is 0 Å². The Morgan fingerprint density at radius 3 is 2.75 bits per heavy atom. The molecule has 0 bridgehead atoms. The van der Waals surface area contributed by atoms with E-state index in [1.54, 1.807) is 0 Å². The summed E-state index contributed by atoms with van der Waals surface area (Å²) in [5.41, 5.74) is 0. The van der Waals surface area contributed by atoms with Crippen molar-refractivity contribution in [2.24, 2.45) is 5.92 Å². The predicted octanol–water partition coefficient (Wildman–Crippen LogP) is 2.92. The van der Waals surface area contributed by atoms with E-state index in [4.69, 9.17) is 4.74 Å². The van der Waals surface area contributed by atoms with Gasteiger partial charge in [0.15, 0.2) is 0 Å². The smallest absolute Gasteiger partial charge is 0.0468 e. The number of ether oxygens (including phenoxy) is 1. The van der Waals surface area contributed by atoms with E-state index < -0.39 is 0 Å². The molecule has 1 rings (SSSR count). The molecule has 1 fully saturated rings. The molecule has 1 aliphatic rings. The molecule has 96 valence electrons. The van der Waals surface area contributed by atoms with Crippen molar-refractivity contribution in [3.05, 3.63) is 0 Å². The summed E-state index contributed by atoms with van der Waals surface area (Å²) in [4.78, 5) is 0. The highest BCUT2D eigenvalue weighted by molar-refractivity contribution is 7.98. The van der Waals surface area contributed by atoms with Crippen LogP contribution < -0.4 is 5.32 Å². The molecule has 0 radical (unpaired) electrons. The lowest BCUT2D eigenvalue weighted by Gasteiger charge is -2.27. The van der Waals surface area contributed by atoms with E-state index in [0.29, 0.717) is 0 Å². The Morgan fingerprint density at radius 1 is 1.38 bits per heavy atom. The lowest BCUT2D eigenvalue weighted by atomic mass is 9.91. The Kier molecular flexibility index (Phi) is 8.34. The van der Waals surface area contributed by atoms with Crippen LogP contribution in [0.25, 0.3) is 0 Å². The highest BCUT2D eigenvalue weighted by Gasteiger charge is 2.18. The van der Waals surface area contributed by atoms with E-state index in [0.717, 1.165) is 25.2 Å². The number of rotatable bonds is 8. The van der Waals surface area contributed by atoms with Gasteiger partial charge in [-0.25, -0.2) is 0 Å². The van der Waals surface area contributed by atoms with E-state index in [2.05, 4.69) is 18.5 Å². The summed E-state index contributed by atoms with van der Waals surface area (Å²) < 4.78 is 5.42. The molecule has 1 unspecified atom stereocenters. The van der Waals surface area contributed by atoms with Crippen molar-refractivity contribution in [1.82, 2.24) is 5.32 Å². The van der Waals surface area contributed by atoms with Crippen LogP contribution in [0.1, 0.15) is 39.0 Å². The molecule has 0 saturated carbocycles. The van der Waals surface area contributed by atoms with E-state index in [9.17, 15) is 0 Å². The fraction of sp³-hybridized carbons (Fsp3) is 1.00. The van der Waals surface area contributed by atoms with Crippen molar-refractivity contribution in [1.29, 1.82) is 0 Å². The van der Waals surface area contributed by atoms with Crippen LogP contribution in [-0.2, 0) is 4.74 Å². The number of hydrogen-bond donors (Lipinski definition) is 1. The van der Waals surface area contributed by atoms with Gasteiger partial charge in [-0.05, 0) is 56.6 Å². The van der Waals surface area contributed by atoms with Crippen LogP contribution in [-0.4, -0.2) is 37.8 Å². The van der Waals surface area contributed by atoms with Gasteiger partial charge in [-0.3, -0.25) is 0 Å². The number of thioether (sulfide) groups is 1. The minimum absolute atomic E-state index is 0.732. The second-order valence-electron chi connectivity index (χ2n) is 4.72. The Bertz CT molecular complexity index is 152. The zero-order valence-electron chi connectivity index (χ0n) is 10.8. The first-order valence-electron chi connectivity index (χ1n) is 6.66. The van der Waals surface area contributed by atoms with Crippen LogP contribution in [0.2, 0.25) is 0 Å². The first kappa shape index (κ1) is 14.3. The predicted molar refractivity (Wildman–Crippen MR) is 73.2 cm³/mol. The average molecular weight is 245 g/mol. The molecule has 1 aliphatic heterocycles. The summed E-state index contributed by atoms with van der Waals surface area (Å²) in [6, 6.07) is 0.732. The molecule has 1 saturated heterocycles. The molecular weight excluding hydrogens is 218 g/mol. The molecule has 0 aromatic rings. The maximum atomic E-state index is 5.42. The van der Waals surface area contributed by atoms with Gasteiger partial charge in [0, 0.05) is 19.3 Å². The molecule has 1 N–H and O–H groups in total. The van der Waals surface area contributed by atoms with Gasteiger partial charge in [-0.2, -0.15) is 11.8 Å². The standard InChI is InChI=1S/C13H27NOS/c1-3-7-14-13(6-10-16-2)11-12-4-8-15-9-5-12/h12-14H,3-11H2,1-2H3. The second-order valence-corrected chi connectivity index (χ2v) is 5.71. The maximum absolute atomic E-state index is 5.42. The van der Waals surface area contributed by atoms with Gasteiger partial charge in [-0.1, -0.05) is 6.92 Å². The molecule has 16 heavy (non-hydrogen) atoms. The summed E-state index contributed by atoms with van der Waals surface area (Å²) in [5.74, 6) is 2.18. The lowest BCUT2D eigenvalue weighted by Crippen LogP contribution is -2.33. The number of hydrogen-bond acceptors (Lipinski definition) is 3. The second kappa shape index (κ2) is 9.32. The quantitative estimate of drug-likeness (QED) is 0.710. The molecule has 0 amide bonds. The third-order valence-electron chi connectivity index (χ3n) is 3.31. The fourth-order valence-corrected chi connectivity index (χ4v) is 2.82. The monoisotopic (exact) mass is 245 g/mol. The van der Waals surface area contributed by atoms with Crippen LogP contribution in [0.5, 0.6) is 0 Å². The molecule has 0 aliphatic carbocycles. The van der Waals surface area contributed by atoms with Gasteiger partial charge in [0.2, 0.25) is 0 Å². The first-order chi connectivity index (χ1) is 7.86. The van der Waals surface area contributed by atoms with Gasteiger partial charge in [0.25, 0.3) is 0 Å². The topological polar surface area (TPSA) is 21.3 Å². The fourth-order valence-electron chi connectivity index (χ4n) is 2.30. The minimum atomic E-state index is 0.732. The summed E-state index contributed by atoms with van der Waals surface area (Å²) in [6.07, 6.45) is 8.64. The summed E-state index contributed by atoms with van der Waals surface area (Å²) in [5, 5.41) is 3.70. The third-order valence-corrected chi connectivity index (χ3v) is 3.96. The summed E-state index contributed by atoms with van der Waals surface area (Å²) in [6.45, 7) is 5.37. The van der Waals surface area contributed by atoms with Crippen LogP contribution in [0, 0.1) is 5.92 Å². The molecule has 0 aromatic heterocycles. The first-order valence-corrected chi connectivity index (χ1v) is 8.06. The van der Waals surface area contributed by atoms with E-state index in [1.807, 2.05) is 11.8 Å². The maximum Gasteiger partial charge on any atom is 0.0468 e. The van der Waals surface area contributed by atoms with E-state index in [-0.39, 0.29) is 0 Å². The zero-order valence-corrected chi connectivity index (χ0v) is 11.7. The molecule has 1 heterocycles. The molecule has 1 atom stereocenters. The molecular formula is C13H27NOS. The van der Waals surface area contributed by atoms with Gasteiger partial charge in [-0.15, -0.1) is 0 Å². The van der Waals surface area contributed by atoms with Gasteiger partial charge in [0.05, 0.1) is 0 Å². The Labute approximate surface area is 105 Å². The Morgan fingerprint density at radius 2 is 2.12 bits per heavy atom. The van der Waals surface area contributed by atoms with Gasteiger partial charge in [0.1, 0.15) is 0 Å². The van der Waals surface area contributed by atoms with Crippen molar-refractivity contribution >= 4 is 11.8 Å². The van der Waals surface area contributed by atoms with Crippen LogP contribution in [0.15, 0.2) is 0 Å². The summed E-state index contributed by atoms with van der Waals surface area (Å²) >= 11 is 1.96. The minimum Gasteiger partial charge on any atom is -0.381 e. The van der Waals surface area contributed by atoms with Crippen LogP contribution in [0.3, 0.4) is 0 Å². The highest BCUT2D eigenvalue weighted by atomic mass is 32.2. The molecule has 0 aromatic carbocycles. The van der Waals surface area contributed by atoms with Crippen molar-refractivity contribution in [2.45, 2.75) is 45.1 Å². The highest BCUT2D eigenvalue weighted by Crippen LogP contribution is 2.21. The lowest BCUT2D eigenvalue weighted by molar-refractivity contribution is 0.0604. The van der Waals surface area contributed by atoms with Crippen molar-refractivity contribution in [3.63, 3.8) is 0 Å². The SMILES string of the molecule is CCCNC(CCSC)CC1CCOCC1. The van der Waals surface area contributed by atoms with Crippen LogP contribution in [0.4, 0.5) is 0 Å². The van der Waals surface area contributed by atoms with Crippen molar-refractivity contribution < 1.29 is 4.74 Å². The third kappa shape index (κ3) is 6.12. The summed E-state index contributed by atoms with van der Waals surface area (Å²) in [7, 11) is 0.